The normalized spacial score (nSPS) is 10.7. The molecule has 7 heteroatoms. The zero-order valence-electron chi connectivity index (χ0n) is 14.8. The maximum Gasteiger partial charge on any atom is 0.431 e. The van der Waals surface area contributed by atoms with Gasteiger partial charge in [0.1, 0.15) is 11.5 Å². The molecule has 26 heavy (non-hydrogen) atoms. The molecule has 0 aliphatic heterocycles. The van der Waals surface area contributed by atoms with Crippen molar-refractivity contribution >= 4 is 0 Å². The summed E-state index contributed by atoms with van der Waals surface area (Å²) in [7, 11) is 3.27. The lowest BCUT2D eigenvalue weighted by Gasteiger charge is -2.07. The molecule has 0 aliphatic carbocycles. The molecule has 1 heterocycles. The fourth-order valence-electron chi connectivity index (χ4n) is 2.72. The first kappa shape index (κ1) is 17.8. The third kappa shape index (κ3) is 3.94. The molecule has 3 aromatic rings. The minimum Gasteiger partial charge on any atom is -0.497 e. The van der Waals surface area contributed by atoms with Crippen LogP contribution in [-0.4, -0.2) is 26.0 Å². The third-order valence-electron chi connectivity index (χ3n) is 4.12. The Hall–Kier alpha value is -3.06. The van der Waals surface area contributed by atoms with Crippen molar-refractivity contribution in [1.82, 2.24) is 10.6 Å². The smallest absolute Gasteiger partial charge is 0.431 e. The molecular weight excluding hydrogens is 334 g/mol. The number of rotatable bonds is 8. The number of hydrogen-bond donors (Lipinski definition) is 2. The minimum atomic E-state index is -0.398. The minimum absolute atomic E-state index is 0.382. The molecule has 7 nitrogen and oxygen atoms in total. The molecule has 0 saturated carbocycles. The van der Waals surface area contributed by atoms with E-state index in [0.717, 1.165) is 29.2 Å². The molecule has 0 spiro atoms. The number of H-pyrrole nitrogens is 1. The molecule has 0 radical (unpaired) electrons. The molecule has 2 N–H and O–H groups in total. The predicted molar refractivity (Wildman–Crippen MR) is 95.8 cm³/mol. The van der Waals surface area contributed by atoms with Crippen LogP contribution < -0.4 is 25.1 Å². The highest BCUT2D eigenvalue weighted by Gasteiger charge is 2.22. The van der Waals surface area contributed by atoms with Crippen molar-refractivity contribution in [3.8, 4) is 17.2 Å². The lowest BCUT2D eigenvalue weighted by Crippen LogP contribution is -2.41. The van der Waals surface area contributed by atoms with E-state index in [4.69, 9.17) is 14.0 Å². The molecule has 0 unspecified atom stereocenters. The monoisotopic (exact) mass is 356 g/mol. The summed E-state index contributed by atoms with van der Waals surface area (Å²) in [6.45, 7) is 1.08. The van der Waals surface area contributed by atoms with Crippen LogP contribution in [0.3, 0.4) is 0 Å². The van der Waals surface area contributed by atoms with Gasteiger partial charge in [-0.3, -0.25) is 4.52 Å². The van der Waals surface area contributed by atoms with Crippen molar-refractivity contribution in [3.63, 3.8) is 0 Å². The number of nitrogens with one attached hydrogen (secondary N) is 2. The average Bonchev–Trinajstić information content (AvgIpc) is 3.06. The van der Waals surface area contributed by atoms with Crippen LogP contribution in [0.25, 0.3) is 5.69 Å². The van der Waals surface area contributed by atoms with E-state index in [9.17, 15) is 4.79 Å². The molecule has 3 rings (SSSR count). The highest BCUT2D eigenvalue weighted by Crippen LogP contribution is 2.17. The van der Waals surface area contributed by atoms with Crippen LogP contribution in [0.15, 0.2) is 57.8 Å². The molecule has 1 aromatic heterocycles. The second-order valence-electron chi connectivity index (χ2n) is 5.70. The summed E-state index contributed by atoms with van der Waals surface area (Å²) in [6, 6.07) is 15.2. The van der Waals surface area contributed by atoms with E-state index in [1.54, 1.807) is 18.9 Å². The number of aromatic nitrogens is 2. The second-order valence-corrected chi connectivity index (χ2v) is 5.70. The zero-order valence-corrected chi connectivity index (χ0v) is 14.8. The van der Waals surface area contributed by atoms with E-state index < -0.39 is 5.63 Å². The van der Waals surface area contributed by atoms with Gasteiger partial charge in [-0.2, -0.15) is 0 Å². The van der Waals surface area contributed by atoms with Crippen LogP contribution in [0.5, 0.6) is 11.5 Å². The van der Waals surface area contributed by atoms with E-state index in [2.05, 4.69) is 10.6 Å². The van der Waals surface area contributed by atoms with Crippen molar-refractivity contribution in [2.45, 2.75) is 13.0 Å². The third-order valence-corrected chi connectivity index (χ3v) is 4.12. The van der Waals surface area contributed by atoms with Crippen LogP contribution >= 0.6 is 0 Å². The molecular formula is C19H22N3O4+. The number of ether oxygens (including phenoxy) is 2. The van der Waals surface area contributed by atoms with Crippen molar-refractivity contribution in [2.24, 2.45) is 0 Å². The summed E-state index contributed by atoms with van der Waals surface area (Å²) in [4.78, 5) is 12.0. The fourth-order valence-corrected chi connectivity index (χ4v) is 2.72. The van der Waals surface area contributed by atoms with Crippen molar-refractivity contribution in [2.75, 3.05) is 20.8 Å². The van der Waals surface area contributed by atoms with Crippen LogP contribution in [0.2, 0.25) is 0 Å². The molecule has 0 aliphatic rings. The van der Waals surface area contributed by atoms with Crippen LogP contribution in [0.1, 0.15) is 11.3 Å². The van der Waals surface area contributed by atoms with E-state index in [1.165, 1.54) is 0 Å². The Morgan fingerprint density at radius 1 is 1.08 bits per heavy atom. The molecule has 0 fully saturated rings. The Morgan fingerprint density at radius 2 is 1.85 bits per heavy atom. The predicted octanol–water partition coefficient (Wildman–Crippen LogP) is 1.59. The number of hydrogen-bond acceptors (Lipinski definition) is 5. The lowest BCUT2D eigenvalue weighted by molar-refractivity contribution is -0.677. The Balaban J connectivity index is 1.65. The Morgan fingerprint density at radius 3 is 2.58 bits per heavy atom. The van der Waals surface area contributed by atoms with Crippen LogP contribution in [0, 0.1) is 0 Å². The molecule has 0 atom stereocenters. The van der Waals surface area contributed by atoms with Gasteiger partial charge < -0.3 is 14.8 Å². The summed E-state index contributed by atoms with van der Waals surface area (Å²) in [5.74, 6) is 1.61. The summed E-state index contributed by atoms with van der Waals surface area (Å²) in [6.07, 6.45) is 0.794. The van der Waals surface area contributed by atoms with E-state index in [0.29, 0.717) is 18.8 Å². The molecule has 0 amide bonds. The second kappa shape index (κ2) is 8.35. The topological polar surface area (TPSA) is 80.4 Å². The van der Waals surface area contributed by atoms with E-state index in [1.807, 2.05) is 48.5 Å². The maximum absolute atomic E-state index is 12.0. The number of nitrogens with zero attached hydrogens (tertiary/aromatic N) is 1. The fraction of sp³-hybridized carbons (Fsp3) is 0.263. The van der Waals surface area contributed by atoms with Gasteiger partial charge in [-0.1, -0.05) is 18.2 Å². The Labute approximate surface area is 151 Å². The highest BCUT2D eigenvalue weighted by atomic mass is 16.5. The van der Waals surface area contributed by atoms with Crippen molar-refractivity contribution in [3.05, 3.63) is 70.2 Å². The molecule has 136 valence electrons. The molecule has 0 bridgehead atoms. The maximum atomic E-state index is 12.0. The van der Waals surface area contributed by atoms with Gasteiger partial charge in [0.2, 0.25) is 5.69 Å². The number of methoxy groups -OCH3 is 2. The van der Waals surface area contributed by atoms with Gasteiger partial charge in [0.25, 0.3) is 0 Å². The van der Waals surface area contributed by atoms with Crippen molar-refractivity contribution < 1.29 is 18.7 Å². The van der Waals surface area contributed by atoms with E-state index in [-0.39, 0.29) is 0 Å². The van der Waals surface area contributed by atoms with Gasteiger partial charge in [0.15, 0.2) is 0 Å². The number of aromatic amines is 1. The number of benzene rings is 2. The van der Waals surface area contributed by atoms with Crippen molar-refractivity contribution in [1.29, 1.82) is 0 Å². The van der Waals surface area contributed by atoms with Gasteiger partial charge in [0.05, 0.1) is 20.8 Å². The molecule has 0 saturated heterocycles. The average molecular weight is 356 g/mol. The van der Waals surface area contributed by atoms with Gasteiger partial charge >= 0.3 is 11.3 Å². The first-order chi connectivity index (χ1) is 12.7. The largest absolute Gasteiger partial charge is 0.497 e. The van der Waals surface area contributed by atoms with Gasteiger partial charge in [-0.05, 0) is 46.7 Å². The van der Waals surface area contributed by atoms with Crippen LogP contribution in [0.4, 0.5) is 0 Å². The summed E-state index contributed by atoms with van der Waals surface area (Å²) >= 11 is 0. The highest BCUT2D eigenvalue weighted by molar-refractivity contribution is 5.33. The quantitative estimate of drug-likeness (QED) is 0.473. The van der Waals surface area contributed by atoms with Gasteiger partial charge in [-0.25, -0.2) is 4.79 Å². The first-order valence-corrected chi connectivity index (χ1v) is 8.32. The van der Waals surface area contributed by atoms with Gasteiger partial charge in [-0.15, -0.1) is 0 Å². The lowest BCUT2D eigenvalue weighted by atomic mass is 10.1. The zero-order chi connectivity index (χ0) is 18.4. The summed E-state index contributed by atoms with van der Waals surface area (Å²) in [5, 5.41) is 5.91. The first-order valence-electron chi connectivity index (χ1n) is 8.32. The van der Waals surface area contributed by atoms with E-state index >= 15 is 0 Å². The SMILES string of the molecule is COc1ccc(-[n+]2[nH]oc(=O)c2CNCCc2ccccc2OC)cc1. The standard InChI is InChI=1S/C19H21N3O4/c1-24-16-9-7-15(8-10-16)22-17(19(23)26-21-22)13-20-12-11-14-5-3-4-6-18(14)25-2/h3-10,20H,11-13H2,1-2H3/p+1. The van der Waals surface area contributed by atoms with Crippen LogP contribution in [-0.2, 0) is 13.0 Å². The Bertz CT molecular complexity index is 900. The summed E-state index contributed by atoms with van der Waals surface area (Å²) in [5.41, 5.74) is 2.01. The molecule has 2 aromatic carbocycles. The summed E-state index contributed by atoms with van der Waals surface area (Å²) < 4.78 is 17.1. The Kier molecular flexibility index (Phi) is 5.70. The number of para-hydroxylation sites is 1. The van der Waals surface area contributed by atoms with Gasteiger partial charge in [0, 0.05) is 12.1 Å².